The molecule has 15 heteroatoms. The summed E-state index contributed by atoms with van der Waals surface area (Å²) in [6.07, 6.45) is -6.85. The third kappa shape index (κ3) is 8.30. The number of hydrogen-bond acceptors (Lipinski definition) is 14. The highest BCUT2D eigenvalue weighted by atomic mass is 16.7. The van der Waals surface area contributed by atoms with E-state index in [4.69, 9.17) is 33.2 Å². The van der Waals surface area contributed by atoms with Crippen molar-refractivity contribution >= 4 is 30.0 Å². The number of carbonyl (C=O) groups excluding carboxylic acids is 5. The van der Waals surface area contributed by atoms with Crippen LogP contribution in [0.15, 0.2) is 54.1 Å². The average molecular weight is 868 g/mol. The van der Waals surface area contributed by atoms with E-state index in [9.17, 15) is 34.2 Å². The van der Waals surface area contributed by atoms with E-state index >= 15 is 0 Å². The first kappa shape index (κ1) is 47.2. The van der Waals surface area contributed by atoms with Gasteiger partial charge in [0, 0.05) is 42.9 Å². The van der Waals surface area contributed by atoms with Crippen molar-refractivity contribution in [3.8, 4) is 0 Å². The molecule has 0 aromatic heterocycles. The first-order valence-corrected chi connectivity index (χ1v) is 21.7. The van der Waals surface area contributed by atoms with Crippen LogP contribution >= 0.6 is 0 Å². The molecule has 1 aromatic rings. The van der Waals surface area contributed by atoms with Gasteiger partial charge in [-0.15, -0.1) is 0 Å². The molecule has 5 aliphatic rings. The molecule has 1 saturated heterocycles. The van der Waals surface area contributed by atoms with Crippen LogP contribution in [0.1, 0.15) is 119 Å². The predicted octanol–water partition coefficient (Wildman–Crippen LogP) is 5.88. The van der Waals surface area contributed by atoms with Gasteiger partial charge in [-0.3, -0.25) is 9.59 Å². The smallest absolute Gasteiger partial charge is 0.407 e. The molecule has 4 aliphatic carbocycles. The van der Waals surface area contributed by atoms with Crippen LogP contribution < -0.4 is 5.32 Å². The fourth-order valence-corrected chi connectivity index (χ4v) is 11.2. The number of carbonyl (C=O) groups is 5. The number of amides is 1. The topological polar surface area (TPSA) is 202 Å². The highest BCUT2D eigenvalue weighted by molar-refractivity contribution is 5.89. The van der Waals surface area contributed by atoms with Crippen molar-refractivity contribution in [1.29, 1.82) is 0 Å². The van der Waals surface area contributed by atoms with Crippen molar-refractivity contribution < 1.29 is 67.3 Å². The fourth-order valence-electron chi connectivity index (χ4n) is 11.2. The average Bonchev–Trinajstić information content (AvgIpc) is 3.15. The minimum absolute atomic E-state index is 0.0824. The number of nitrogens with one attached hydrogen (secondary N) is 1. The van der Waals surface area contributed by atoms with E-state index < -0.39 is 112 Å². The molecule has 6 rings (SSSR count). The van der Waals surface area contributed by atoms with Gasteiger partial charge in [-0.2, -0.15) is 0 Å². The van der Waals surface area contributed by atoms with E-state index in [1.807, 2.05) is 20.8 Å². The van der Waals surface area contributed by atoms with Crippen molar-refractivity contribution in [3.05, 3.63) is 59.7 Å². The summed E-state index contributed by atoms with van der Waals surface area (Å²) < 4.78 is 44.4. The Bertz CT molecular complexity index is 1960. The number of alkyl carbamates (subject to hydrolysis) is 1. The zero-order chi connectivity index (χ0) is 45.9. The molecule has 1 heterocycles. The second-order valence-electron chi connectivity index (χ2n) is 20.0. The minimum Gasteiger partial charge on any atom is -0.458 e. The number of aliphatic hydroxyl groups is 2. The second-order valence-corrected chi connectivity index (χ2v) is 20.0. The van der Waals surface area contributed by atoms with Crippen molar-refractivity contribution in [2.24, 2.45) is 28.6 Å². The van der Waals surface area contributed by atoms with Crippen LogP contribution in [0.3, 0.4) is 0 Å². The van der Waals surface area contributed by atoms with Crippen LogP contribution in [0.5, 0.6) is 0 Å². The zero-order valence-corrected chi connectivity index (χ0v) is 37.9. The normalized spacial score (nSPS) is 35.5. The molecule has 4 fully saturated rings. The van der Waals surface area contributed by atoms with Crippen molar-refractivity contribution in [2.45, 2.75) is 174 Å². The summed E-state index contributed by atoms with van der Waals surface area (Å²) in [5.41, 5.74) is -6.15. The molecule has 62 heavy (non-hydrogen) atoms. The van der Waals surface area contributed by atoms with Crippen molar-refractivity contribution in [3.63, 3.8) is 0 Å². The fraction of sp³-hybridized carbons (Fsp3) is 0.681. The van der Waals surface area contributed by atoms with E-state index in [1.54, 1.807) is 71.9 Å². The van der Waals surface area contributed by atoms with Crippen molar-refractivity contribution in [2.75, 3.05) is 0 Å². The van der Waals surface area contributed by atoms with Gasteiger partial charge in [-0.1, -0.05) is 59.4 Å². The highest BCUT2D eigenvalue weighted by Gasteiger charge is 2.79. The third-order valence-electron chi connectivity index (χ3n) is 14.0. The summed E-state index contributed by atoms with van der Waals surface area (Å²) in [6, 6.07) is 7.16. The number of benzene rings is 1. The molecular formula is C47H65NO14. The molecule has 1 aliphatic heterocycles. The summed E-state index contributed by atoms with van der Waals surface area (Å²) in [7, 11) is 0. The summed E-state index contributed by atoms with van der Waals surface area (Å²) in [5.74, 6) is -4.56. The molecule has 15 nitrogen and oxygen atoms in total. The Morgan fingerprint density at radius 3 is 2.21 bits per heavy atom. The van der Waals surface area contributed by atoms with Gasteiger partial charge in [-0.05, 0) is 88.7 Å². The molecule has 0 radical (unpaired) electrons. The lowest BCUT2D eigenvalue weighted by molar-refractivity contribution is -0.380. The molecule has 3 saturated carbocycles. The molecule has 1 unspecified atom stereocenters. The van der Waals surface area contributed by atoms with E-state index in [1.165, 1.54) is 19.9 Å². The molecule has 13 atom stereocenters. The lowest BCUT2D eigenvalue weighted by atomic mass is 9.40. The van der Waals surface area contributed by atoms with Gasteiger partial charge in [-0.25, -0.2) is 14.4 Å². The van der Waals surface area contributed by atoms with Crippen LogP contribution in [-0.2, 0) is 47.5 Å². The Morgan fingerprint density at radius 1 is 1.00 bits per heavy atom. The Morgan fingerprint density at radius 2 is 1.66 bits per heavy atom. The molecule has 0 spiro atoms. The van der Waals surface area contributed by atoms with E-state index in [0.717, 1.165) is 0 Å². The monoisotopic (exact) mass is 867 g/mol. The Hall–Kier alpha value is -4.31. The summed E-state index contributed by atoms with van der Waals surface area (Å²) in [4.78, 5) is 68.2. The molecule has 2 bridgehead atoms. The SMILES string of the molecule is C=CC1O[C@H]2C[C@H]3CC[C@@]3(OC(C)=O)[C@H]3[C@H](OC(=O)c4ccccc4)[C@]4(O)C[C@H](OC(=O)[C@@H](O)[C@H](CC(C)C)NC(=O)OC(C)(C)C)C(C)=C([C@H](OC(C)=O)[C@H](O1)[C@]23C)C4(C)C. The lowest BCUT2D eigenvalue weighted by Gasteiger charge is -2.71. The summed E-state index contributed by atoms with van der Waals surface area (Å²) in [5, 5.41) is 28.2. The van der Waals surface area contributed by atoms with Gasteiger partial charge >= 0.3 is 30.0 Å². The second kappa shape index (κ2) is 17.0. The maximum Gasteiger partial charge on any atom is 0.407 e. The summed E-state index contributed by atoms with van der Waals surface area (Å²) >= 11 is 0. The number of hydrogen-bond donors (Lipinski definition) is 3. The van der Waals surface area contributed by atoms with Gasteiger partial charge < -0.3 is 48.7 Å². The zero-order valence-electron chi connectivity index (χ0n) is 37.9. The molecule has 3 N–H and O–H groups in total. The quantitative estimate of drug-likeness (QED) is 0.135. The Labute approximate surface area is 364 Å². The molecule has 1 aromatic carbocycles. The maximum absolute atomic E-state index is 14.5. The van der Waals surface area contributed by atoms with E-state index in [2.05, 4.69) is 11.9 Å². The molecule has 1 amide bonds. The molecular weight excluding hydrogens is 803 g/mol. The number of ether oxygens (including phenoxy) is 7. The largest absolute Gasteiger partial charge is 0.458 e. The number of fused-ring (bicyclic) bond motifs is 4. The standard InChI is InChI=1S/C47H65NO14/c1-13-33-58-32-22-29-19-20-46(29,61-27(6)50)37-39(60-40(52)28-17-15-14-16-18-28)47(55)23-31(57-41(53)35(51)30(21-24(2)3)48-42(54)62-43(7,8)9)25(4)34(44(47,10)11)36(56-26(5)49)38(59-33)45(32,37)12/h13-18,24,29-33,35-39,51,55H,1,19-23H2,2-12H3,(H,48,54)/t29-,30+,31+,32+,33?,35+,36+,37+,38+,39+,45-,46+,47-/m1/s1. The van der Waals surface area contributed by atoms with E-state index in [-0.39, 0.29) is 30.2 Å². The van der Waals surface area contributed by atoms with Crippen LogP contribution in [0, 0.1) is 28.6 Å². The Kier molecular flexibility index (Phi) is 12.9. The molecule has 342 valence electrons. The Balaban J connectivity index is 1.57. The van der Waals surface area contributed by atoms with Crippen molar-refractivity contribution in [1.82, 2.24) is 5.32 Å². The van der Waals surface area contributed by atoms with Crippen LogP contribution in [0.2, 0.25) is 0 Å². The highest BCUT2D eigenvalue weighted by Crippen LogP contribution is 2.70. The van der Waals surface area contributed by atoms with Crippen LogP contribution in [0.25, 0.3) is 0 Å². The van der Waals surface area contributed by atoms with Crippen LogP contribution in [-0.4, -0.2) is 106 Å². The van der Waals surface area contributed by atoms with Gasteiger partial charge in [0.25, 0.3) is 0 Å². The lowest BCUT2D eigenvalue weighted by Crippen LogP contribution is -2.81. The summed E-state index contributed by atoms with van der Waals surface area (Å²) in [6.45, 7) is 22.4. The van der Waals surface area contributed by atoms with E-state index in [0.29, 0.717) is 30.4 Å². The van der Waals surface area contributed by atoms with Gasteiger partial charge in [0.15, 0.2) is 18.5 Å². The van der Waals surface area contributed by atoms with Gasteiger partial charge in [0.05, 0.1) is 17.7 Å². The maximum atomic E-state index is 14.5. The number of rotatable bonds is 11. The number of esters is 4. The minimum atomic E-state index is -2.17. The van der Waals surface area contributed by atoms with Gasteiger partial charge in [0.1, 0.15) is 35.1 Å². The first-order chi connectivity index (χ1) is 28.8. The first-order valence-electron chi connectivity index (χ1n) is 21.7. The third-order valence-corrected chi connectivity index (χ3v) is 14.0. The number of aliphatic hydroxyl groups excluding tert-OH is 1. The van der Waals surface area contributed by atoms with Crippen LogP contribution in [0.4, 0.5) is 4.79 Å². The van der Waals surface area contributed by atoms with Gasteiger partial charge in [0.2, 0.25) is 0 Å². The predicted molar refractivity (Wildman–Crippen MR) is 223 cm³/mol.